The second kappa shape index (κ2) is 6.06. The first-order valence-electron chi connectivity index (χ1n) is 7.78. The van der Waals surface area contributed by atoms with Gasteiger partial charge in [-0.2, -0.15) is 5.10 Å². The van der Waals surface area contributed by atoms with E-state index in [4.69, 9.17) is 5.10 Å². The van der Waals surface area contributed by atoms with E-state index in [-0.39, 0.29) is 0 Å². The summed E-state index contributed by atoms with van der Waals surface area (Å²) >= 11 is 0. The van der Waals surface area contributed by atoms with Gasteiger partial charge in [0.15, 0.2) is 0 Å². The first-order chi connectivity index (χ1) is 9.33. The molecule has 0 saturated heterocycles. The van der Waals surface area contributed by atoms with E-state index < -0.39 is 0 Å². The van der Waals surface area contributed by atoms with Gasteiger partial charge >= 0.3 is 0 Å². The van der Waals surface area contributed by atoms with E-state index in [1.807, 2.05) is 0 Å². The van der Waals surface area contributed by atoms with Gasteiger partial charge in [-0.3, -0.25) is 4.68 Å². The minimum Gasteiger partial charge on any atom is -0.310 e. The van der Waals surface area contributed by atoms with Crippen LogP contribution in [0, 0.1) is 0 Å². The van der Waals surface area contributed by atoms with E-state index in [0.717, 1.165) is 25.7 Å². The molecular weight excluding hydrogens is 236 g/mol. The lowest BCUT2D eigenvalue weighted by Crippen LogP contribution is -2.30. The number of rotatable bonds is 7. The van der Waals surface area contributed by atoms with Crippen molar-refractivity contribution < 1.29 is 0 Å². The molecule has 0 bridgehead atoms. The monoisotopic (exact) mass is 262 g/mol. The summed E-state index contributed by atoms with van der Waals surface area (Å²) in [5, 5.41) is 8.20. The number of nitrogens with one attached hydrogen (secondary N) is 1. The second-order valence-electron chi connectivity index (χ2n) is 6.11. The summed E-state index contributed by atoms with van der Waals surface area (Å²) in [5.74, 6) is 0. The Morgan fingerprint density at radius 1 is 1.32 bits per heavy atom. The van der Waals surface area contributed by atoms with E-state index in [9.17, 15) is 0 Å². The zero-order valence-electron chi connectivity index (χ0n) is 12.0. The van der Waals surface area contributed by atoms with E-state index in [1.54, 1.807) is 0 Å². The molecule has 0 amide bonds. The van der Waals surface area contributed by atoms with Gasteiger partial charge in [-0.25, -0.2) is 0 Å². The number of likely N-dealkylation sites (N-methyl/N-ethyl adjacent to an activating group) is 1. The van der Waals surface area contributed by atoms with Crippen LogP contribution in [0.2, 0.25) is 0 Å². The maximum absolute atomic E-state index is 4.70. The Morgan fingerprint density at radius 3 is 2.84 bits per heavy atom. The first kappa shape index (κ1) is 13.1. The molecule has 1 aromatic rings. The molecule has 4 heteroatoms. The van der Waals surface area contributed by atoms with Gasteiger partial charge in [-0.05, 0) is 38.8 Å². The van der Waals surface area contributed by atoms with Crippen LogP contribution < -0.4 is 5.32 Å². The molecule has 0 radical (unpaired) electrons. The molecule has 1 heterocycles. The zero-order chi connectivity index (χ0) is 13.1. The fourth-order valence-corrected chi connectivity index (χ4v) is 3.01. The van der Waals surface area contributed by atoms with Gasteiger partial charge in [0.25, 0.3) is 0 Å². The van der Waals surface area contributed by atoms with Gasteiger partial charge in [-0.1, -0.05) is 12.8 Å². The van der Waals surface area contributed by atoms with E-state index in [1.165, 1.54) is 44.2 Å². The predicted octanol–water partition coefficient (Wildman–Crippen LogP) is 2.18. The molecule has 0 aromatic carbocycles. The molecule has 1 N–H and O–H groups in total. The SMILES string of the molecule is CN(CCNCc1ccn(C2CCCC2)n1)C1CC1. The van der Waals surface area contributed by atoms with Crippen molar-refractivity contribution >= 4 is 0 Å². The van der Waals surface area contributed by atoms with Crippen LogP contribution in [0.1, 0.15) is 50.3 Å². The van der Waals surface area contributed by atoms with Crippen LogP contribution in [0.3, 0.4) is 0 Å². The highest BCUT2D eigenvalue weighted by atomic mass is 15.3. The Balaban J connectivity index is 1.37. The normalized spacial score (nSPS) is 20.5. The van der Waals surface area contributed by atoms with Crippen molar-refractivity contribution in [1.29, 1.82) is 0 Å². The first-order valence-corrected chi connectivity index (χ1v) is 7.78. The van der Waals surface area contributed by atoms with Crippen LogP contribution >= 0.6 is 0 Å². The van der Waals surface area contributed by atoms with Gasteiger partial charge in [0.2, 0.25) is 0 Å². The van der Waals surface area contributed by atoms with Gasteiger partial charge < -0.3 is 10.2 Å². The van der Waals surface area contributed by atoms with Crippen LogP contribution in [-0.2, 0) is 6.54 Å². The van der Waals surface area contributed by atoms with Crippen molar-refractivity contribution in [2.24, 2.45) is 0 Å². The molecule has 19 heavy (non-hydrogen) atoms. The Kier molecular flexibility index (Phi) is 4.18. The van der Waals surface area contributed by atoms with Crippen molar-refractivity contribution in [1.82, 2.24) is 20.0 Å². The molecule has 2 aliphatic carbocycles. The summed E-state index contributed by atoms with van der Waals surface area (Å²) in [6, 6.07) is 3.69. The molecule has 3 rings (SSSR count). The number of nitrogens with zero attached hydrogens (tertiary/aromatic N) is 3. The molecule has 106 valence electrons. The average Bonchev–Trinajstić information content (AvgIpc) is 2.93. The van der Waals surface area contributed by atoms with Crippen molar-refractivity contribution in [2.75, 3.05) is 20.1 Å². The van der Waals surface area contributed by atoms with Crippen LogP contribution in [0.4, 0.5) is 0 Å². The summed E-state index contributed by atoms with van der Waals surface area (Å²) in [6.45, 7) is 3.11. The minimum atomic E-state index is 0.662. The highest BCUT2D eigenvalue weighted by molar-refractivity contribution is 5.00. The fraction of sp³-hybridized carbons (Fsp3) is 0.800. The Labute approximate surface area is 116 Å². The standard InChI is InChI=1S/C15H26N4/c1-18(14-6-7-14)11-9-16-12-13-8-10-19(17-13)15-4-2-3-5-15/h8,10,14-16H,2-7,9,11-12H2,1H3. The van der Waals surface area contributed by atoms with Gasteiger partial charge in [0.1, 0.15) is 0 Å². The largest absolute Gasteiger partial charge is 0.310 e. The van der Waals surface area contributed by atoms with E-state index >= 15 is 0 Å². The fourth-order valence-electron chi connectivity index (χ4n) is 3.01. The molecule has 2 saturated carbocycles. The Hall–Kier alpha value is -0.870. The van der Waals surface area contributed by atoms with Crippen LogP contribution in [-0.4, -0.2) is 40.9 Å². The van der Waals surface area contributed by atoms with E-state index in [0.29, 0.717) is 6.04 Å². The van der Waals surface area contributed by atoms with Crippen molar-refractivity contribution in [3.05, 3.63) is 18.0 Å². The predicted molar refractivity (Wildman–Crippen MR) is 77.1 cm³/mol. The second-order valence-corrected chi connectivity index (χ2v) is 6.11. The highest BCUT2D eigenvalue weighted by Crippen LogP contribution is 2.28. The smallest absolute Gasteiger partial charge is 0.0762 e. The summed E-state index contributed by atoms with van der Waals surface area (Å²) in [6.07, 6.45) is 10.3. The van der Waals surface area contributed by atoms with Crippen LogP contribution in [0.15, 0.2) is 12.3 Å². The molecule has 1 aromatic heterocycles. The van der Waals surface area contributed by atoms with Gasteiger partial charge in [0.05, 0.1) is 11.7 Å². The average molecular weight is 262 g/mol. The van der Waals surface area contributed by atoms with Crippen LogP contribution in [0.25, 0.3) is 0 Å². The third-order valence-electron chi connectivity index (χ3n) is 4.48. The van der Waals surface area contributed by atoms with Crippen molar-refractivity contribution in [3.8, 4) is 0 Å². The van der Waals surface area contributed by atoms with Crippen molar-refractivity contribution in [3.63, 3.8) is 0 Å². The zero-order valence-corrected chi connectivity index (χ0v) is 12.0. The summed E-state index contributed by atoms with van der Waals surface area (Å²) < 4.78 is 2.18. The third-order valence-corrected chi connectivity index (χ3v) is 4.48. The number of hydrogen-bond donors (Lipinski definition) is 1. The highest BCUT2D eigenvalue weighted by Gasteiger charge is 2.25. The molecule has 0 spiro atoms. The molecule has 2 fully saturated rings. The lowest BCUT2D eigenvalue weighted by Gasteiger charge is -2.15. The molecule has 0 atom stereocenters. The summed E-state index contributed by atoms with van der Waals surface area (Å²) in [7, 11) is 2.23. The maximum atomic E-state index is 4.70. The van der Waals surface area contributed by atoms with Crippen LogP contribution in [0.5, 0.6) is 0 Å². The topological polar surface area (TPSA) is 33.1 Å². The molecular formula is C15H26N4. The third kappa shape index (κ3) is 3.57. The van der Waals surface area contributed by atoms with Gasteiger partial charge in [-0.15, -0.1) is 0 Å². The summed E-state index contributed by atoms with van der Waals surface area (Å²) in [5.41, 5.74) is 1.18. The van der Waals surface area contributed by atoms with E-state index in [2.05, 4.69) is 34.2 Å². The molecule has 0 aliphatic heterocycles. The molecule has 4 nitrogen and oxygen atoms in total. The number of hydrogen-bond acceptors (Lipinski definition) is 3. The minimum absolute atomic E-state index is 0.662. The Morgan fingerprint density at radius 2 is 2.11 bits per heavy atom. The number of aromatic nitrogens is 2. The lowest BCUT2D eigenvalue weighted by molar-refractivity contribution is 0.321. The van der Waals surface area contributed by atoms with Crippen molar-refractivity contribution in [2.45, 2.75) is 57.2 Å². The molecule has 2 aliphatic rings. The maximum Gasteiger partial charge on any atom is 0.0762 e. The van der Waals surface area contributed by atoms with Gasteiger partial charge in [0, 0.05) is 31.9 Å². The lowest BCUT2D eigenvalue weighted by atomic mass is 10.3. The molecule has 0 unspecified atom stereocenters. The summed E-state index contributed by atoms with van der Waals surface area (Å²) in [4.78, 5) is 2.46. The Bertz CT molecular complexity index is 391. The quantitative estimate of drug-likeness (QED) is 0.765.